The highest BCUT2D eigenvalue weighted by Crippen LogP contribution is 2.24. The number of likely N-dealkylation sites (tertiary alicyclic amines) is 1. The molecule has 1 fully saturated rings. The number of carbonyl (C=O) groups excluding carboxylic acids is 2. The first-order valence-electron chi connectivity index (χ1n) is 13.0. The van der Waals surface area contributed by atoms with Gasteiger partial charge in [-0.2, -0.15) is 5.26 Å². The summed E-state index contributed by atoms with van der Waals surface area (Å²) < 4.78 is 16.8. The molecule has 8 heteroatoms. The number of carbonyl (C=O) groups is 2. The minimum Gasteiger partial charge on any atom is -0.490 e. The second-order valence-electron chi connectivity index (χ2n) is 10.1. The van der Waals surface area contributed by atoms with E-state index in [-0.39, 0.29) is 24.7 Å². The fourth-order valence-electron chi connectivity index (χ4n) is 4.06. The lowest BCUT2D eigenvalue weighted by Crippen LogP contribution is -2.44. The predicted octanol–water partition coefficient (Wildman–Crippen LogP) is 5.42. The third-order valence-corrected chi connectivity index (χ3v) is 5.88. The van der Waals surface area contributed by atoms with E-state index in [4.69, 9.17) is 19.5 Å². The number of hydrogen-bond acceptors (Lipinski definition) is 7. The van der Waals surface area contributed by atoms with Gasteiger partial charge in [-0.05, 0) is 69.7 Å². The van der Waals surface area contributed by atoms with Crippen molar-refractivity contribution in [1.29, 1.82) is 5.26 Å². The maximum Gasteiger partial charge on any atom is 0.410 e. The van der Waals surface area contributed by atoms with Gasteiger partial charge in [-0.3, -0.25) is 4.79 Å². The number of esters is 1. The van der Waals surface area contributed by atoms with Gasteiger partial charge in [0.15, 0.2) is 0 Å². The molecular formula is C30H37N3O5. The summed E-state index contributed by atoms with van der Waals surface area (Å²) in [6, 6.07) is 17.1. The van der Waals surface area contributed by atoms with Crippen molar-refractivity contribution in [2.24, 2.45) is 0 Å². The molecule has 2 aromatic rings. The molecule has 1 heterocycles. The summed E-state index contributed by atoms with van der Waals surface area (Å²) in [7, 11) is 0. The van der Waals surface area contributed by atoms with Crippen molar-refractivity contribution in [1.82, 2.24) is 4.90 Å². The van der Waals surface area contributed by atoms with E-state index >= 15 is 0 Å². The van der Waals surface area contributed by atoms with E-state index < -0.39 is 5.60 Å². The van der Waals surface area contributed by atoms with Crippen LogP contribution < -0.4 is 9.64 Å². The molecular weight excluding hydrogens is 482 g/mol. The van der Waals surface area contributed by atoms with Gasteiger partial charge in [0, 0.05) is 38.2 Å². The molecule has 1 amide bonds. The van der Waals surface area contributed by atoms with Gasteiger partial charge >= 0.3 is 12.1 Å². The van der Waals surface area contributed by atoms with E-state index in [2.05, 4.69) is 6.07 Å². The molecule has 0 atom stereocenters. The zero-order valence-electron chi connectivity index (χ0n) is 22.7. The Morgan fingerprint density at radius 1 is 1.13 bits per heavy atom. The number of benzene rings is 2. The second kappa shape index (κ2) is 13.5. The average Bonchev–Trinajstić information content (AvgIpc) is 2.88. The standard InChI is InChI=1S/C30H37N3O5/c1-5-36-28(34)22-33(17-7-10-23-8-6-9-24(20-23)21-31)25-11-13-26(14-12-25)37-27-15-18-32(19-16-27)29(35)38-30(2,3)4/h6-14,20,27H,5,15-19,22H2,1-4H3. The Balaban J connectivity index is 1.59. The zero-order valence-corrected chi connectivity index (χ0v) is 22.7. The van der Waals surface area contributed by atoms with Crippen molar-refractivity contribution < 1.29 is 23.8 Å². The van der Waals surface area contributed by atoms with Crippen LogP contribution in [0.1, 0.15) is 51.7 Å². The number of rotatable bonds is 9. The topological polar surface area (TPSA) is 92.1 Å². The number of nitrogens with zero attached hydrogens (tertiary/aromatic N) is 3. The molecule has 0 aliphatic carbocycles. The molecule has 0 spiro atoms. The van der Waals surface area contributed by atoms with Crippen LogP contribution in [0.3, 0.4) is 0 Å². The molecule has 202 valence electrons. The Labute approximate surface area is 225 Å². The number of anilines is 1. The monoisotopic (exact) mass is 519 g/mol. The molecule has 0 saturated carbocycles. The van der Waals surface area contributed by atoms with Crippen LogP contribution in [0.25, 0.3) is 6.08 Å². The van der Waals surface area contributed by atoms with Crippen LogP contribution in [0.5, 0.6) is 5.75 Å². The van der Waals surface area contributed by atoms with E-state index in [1.807, 2.05) is 80.3 Å². The maximum absolute atomic E-state index is 12.3. The summed E-state index contributed by atoms with van der Waals surface area (Å²) in [6.07, 6.45) is 5.08. The van der Waals surface area contributed by atoms with Crippen molar-refractivity contribution >= 4 is 23.8 Å². The van der Waals surface area contributed by atoms with Crippen LogP contribution in [0.15, 0.2) is 54.6 Å². The Morgan fingerprint density at radius 3 is 2.47 bits per heavy atom. The largest absolute Gasteiger partial charge is 0.490 e. The van der Waals surface area contributed by atoms with Crippen molar-refractivity contribution in [3.63, 3.8) is 0 Å². The maximum atomic E-state index is 12.3. The van der Waals surface area contributed by atoms with Gasteiger partial charge in [0.25, 0.3) is 0 Å². The lowest BCUT2D eigenvalue weighted by molar-refractivity contribution is -0.141. The molecule has 0 aromatic heterocycles. The average molecular weight is 520 g/mol. The van der Waals surface area contributed by atoms with Gasteiger partial charge in [0.05, 0.1) is 18.2 Å². The second-order valence-corrected chi connectivity index (χ2v) is 10.1. The highest BCUT2D eigenvalue weighted by atomic mass is 16.6. The number of piperidine rings is 1. The molecule has 1 aliphatic rings. The normalized spacial score (nSPS) is 14.1. The van der Waals surface area contributed by atoms with Crippen molar-refractivity contribution in [2.45, 2.75) is 52.2 Å². The van der Waals surface area contributed by atoms with Crippen LogP contribution in [0, 0.1) is 11.3 Å². The van der Waals surface area contributed by atoms with Crippen molar-refractivity contribution in [3.8, 4) is 11.8 Å². The first-order chi connectivity index (χ1) is 18.2. The quantitative estimate of drug-likeness (QED) is 0.409. The molecule has 8 nitrogen and oxygen atoms in total. The molecule has 1 saturated heterocycles. The Morgan fingerprint density at radius 2 is 1.84 bits per heavy atom. The fraction of sp³-hybridized carbons (Fsp3) is 0.433. The summed E-state index contributed by atoms with van der Waals surface area (Å²) in [5, 5.41) is 9.11. The highest BCUT2D eigenvalue weighted by molar-refractivity contribution is 5.76. The minimum absolute atomic E-state index is 0.0160. The van der Waals surface area contributed by atoms with E-state index in [9.17, 15) is 9.59 Å². The number of nitriles is 1. The van der Waals surface area contributed by atoms with Crippen LogP contribution in [0.4, 0.5) is 10.5 Å². The lowest BCUT2D eigenvalue weighted by atomic mass is 10.1. The van der Waals surface area contributed by atoms with Crippen molar-refractivity contribution in [2.75, 3.05) is 37.7 Å². The third kappa shape index (κ3) is 9.15. The summed E-state index contributed by atoms with van der Waals surface area (Å²) in [6.45, 7) is 9.48. The van der Waals surface area contributed by atoms with Gasteiger partial charge in [-0.25, -0.2) is 4.79 Å². The van der Waals surface area contributed by atoms with Gasteiger partial charge in [-0.1, -0.05) is 24.3 Å². The fourth-order valence-corrected chi connectivity index (χ4v) is 4.06. The summed E-state index contributed by atoms with van der Waals surface area (Å²) >= 11 is 0. The zero-order chi connectivity index (χ0) is 27.5. The van der Waals surface area contributed by atoms with Crippen LogP contribution in [-0.2, 0) is 14.3 Å². The molecule has 1 aliphatic heterocycles. The Kier molecular flexibility index (Phi) is 10.2. The van der Waals surface area contributed by atoms with Gasteiger partial charge in [0.2, 0.25) is 0 Å². The molecule has 0 radical (unpaired) electrons. The molecule has 3 rings (SSSR count). The summed E-state index contributed by atoms with van der Waals surface area (Å²) in [4.78, 5) is 28.2. The van der Waals surface area contributed by atoms with Crippen LogP contribution in [0.2, 0.25) is 0 Å². The van der Waals surface area contributed by atoms with Gasteiger partial charge < -0.3 is 24.0 Å². The van der Waals surface area contributed by atoms with Gasteiger partial charge in [0.1, 0.15) is 24.0 Å². The van der Waals surface area contributed by atoms with E-state index in [1.54, 1.807) is 17.9 Å². The van der Waals surface area contributed by atoms with Crippen molar-refractivity contribution in [3.05, 3.63) is 65.7 Å². The summed E-state index contributed by atoms with van der Waals surface area (Å²) in [5.74, 6) is 0.439. The Hall–Kier alpha value is -3.99. The Bertz CT molecular complexity index is 1140. The molecule has 0 bridgehead atoms. The SMILES string of the molecule is CCOC(=O)CN(CC=Cc1cccc(C#N)c1)c1ccc(OC2CCN(C(=O)OC(C)(C)C)CC2)cc1. The third-order valence-electron chi connectivity index (χ3n) is 5.88. The highest BCUT2D eigenvalue weighted by Gasteiger charge is 2.27. The van der Waals surface area contributed by atoms with E-state index in [0.29, 0.717) is 31.8 Å². The molecule has 2 aromatic carbocycles. The first-order valence-corrected chi connectivity index (χ1v) is 13.0. The molecule has 0 unspecified atom stereocenters. The molecule has 38 heavy (non-hydrogen) atoms. The predicted molar refractivity (Wildman–Crippen MR) is 147 cm³/mol. The number of amides is 1. The lowest BCUT2D eigenvalue weighted by Gasteiger charge is -2.33. The van der Waals surface area contributed by atoms with E-state index in [0.717, 1.165) is 29.8 Å². The number of hydrogen-bond donors (Lipinski definition) is 0. The number of ether oxygens (including phenoxy) is 3. The van der Waals surface area contributed by atoms with Crippen LogP contribution >= 0.6 is 0 Å². The van der Waals surface area contributed by atoms with Gasteiger partial charge in [-0.15, -0.1) is 0 Å². The smallest absolute Gasteiger partial charge is 0.410 e. The minimum atomic E-state index is -0.508. The van der Waals surface area contributed by atoms with Crippen LogP contribution in [-0.4, -0.2) is 61.5 Å². The van der Waals surface area contributed by atoms with E-state index in [1.165, 1.54) is 0 Å². The molecule has 0 N–H and O–H groups in total. The first kappa shape index (κ1) is 28.6. The summed E-state index contributed by atoms with van der Waals surface area (Å²) in [5.41, 5.74) is 1.87.